The summed E-state index contributed by atoms with van der Waals surface area (Å²) < 4.78 is 5.02. The van der Waals surface area contributed by atoms with E-state index in [1.807, 2.05) is 11.3 Å². The molecule has 11 rings (SSSR count). The van der Waals surface area contributed by atoms with Crippen LogP contribution < -0.4 is 4.90 Å². The van der Waals surface area contributed by atoms with Crippen molar-refractivity contribution in [3.63, 3.8) is 0 Å². The molecule has 0 amide bonds. The number of fused-ring (bicyclic) bond motifs is 7. The van der Waals surface area contributed by atoms with Crippen LogP contribution in [0.5, 0.6) is 0 Å². The van der Waals surface area contributed by atoms with Gasteiger partial charge < -0.3 is 9.47 Å². The zero-order chi connectivity index (χ0) is 36.3. The zero-order valence-electron chi connectivity index (χ0n) is 30.7. The lowest BCUT2D eigenvalue weighted by atomic mass is 9.80. The smallest absolute Gasteiger partial charge is 0.0555 e. The van der Waals surface area contributed by atoms with Crippen molar-refractivity contribution in [3.8, 4) is 16.8 Å². The van der Waals surface area contributed by atoms with Crippen molar-refractivity contribution in [3.05, 3.63) is 181 Å². The Morgan fingerprint density at radius 3 is 2.04 bits per heavy atom. The fraction of sp³-hybridized carbons (Fsp3) is 0.115. The van der Waals surface area contributed by atoms with E-state index in [1.165, 1.54) is 119 Å². The lowest BCUT2D eigenvalue weighted by molar-refractivity contribution is 0.445. The molecule has 0 saturated heterocycles. The predicted molar refractivity (Wildman–Crippen MR) is 237 cm³/mol. The highest BCUT2D eigenvalue weighted by atomic mass is 32.1. The monoisotopic (exact) mass is 724 g/mol. The van der Waals surface area contributed by atoms with Gasteiger partial charge in [-0.1, -0.05) is 135 Å². The highest BCUT2D eigenvalue weighted by molar-refractivity contribution is 7.26. The van der Waals surface area contributed by atoms with Gasteiger partial charge >= 0.3 is 0 Å². The standard InChI is InChI=1S/C52H40N2S/c1-3-16-35(17-4-1)39-25-13-18-36-19-14-26-42(51(36)39)40-22-7-10-27-45(40)54(48-29-15-31-50-52(48)43-24-9-12-30-49(43)55-50)38-32-33-47-44(34-38)41-23-8-11-28-46(41)53(47)37-20-5-2-6-21-37/h2,5-15,18-35H,1,3-4,16-17H2. The van der Waals surface area contributed by atoms with Crippen LogP contribution in [-0.2, 0) is 0 Å². The van der Waals surface area contributed by atoms with Gasteiger partial charge in [0.25, 0.3) is 0 Å². The first kappa shape index (κ1) is 32.3. The first-order valence-electron chi connectivity index (χ1n) is 19.7. The van der Waals surface area contributed by atoms with Crippen LogP contribution in [0.15, 0.2) is 176 Å². The number of benzene rings is 8. The number of nitrogens with zero attached hydrogens (tertiary/aromatic N) is 2. The summed E-state index contributed by atoms with van der Waals surface area (Å²) in [5, 5.41) is 7.82. The minimum absolute atomic E-state index is 0.595. The lowest BCUT2D eigenvalue weighted by Gasteiger charge is -2.30. The van der Waals surface area contributed by atoms with Crippen molar-refractivity contribution in [2.45, 2.75) is 38.0 Å². The molecule has 0 N–H and O–H groups in total. The van der Waals surface area contributed by atoms with Gasteiger partial charge in [0.1, 0.15) is 0 Å². The summed E-state index contributed by atoms with van der Waals surface area (Å²) in [4.78, 5) is 2.55. The van der Waals surface area contributed by atoms with Gasteiger partial charge in [-0.2, -0.15) is 0 Å². The number of aromatic nitrogens is 1. The molecule has 0 bridgehead atoms. The summed E-state index contributed by atoms with van der Waals surface area (Å²) in [6.07, 6.45) is 6.52. The van der Waals surface area contributed by atoms with Crippen LogP contribution in [0, 0.1) is 0 Å². The van der Waals surface area contributed by atoms with Crippen LogP contribution in [0.3, 0.4) is 0 Å². The molecule has 3 heteroatoms. The summed E-state index contributed by atoms with van der Waals surface area (Å²) in [5.74, 6) is 0.595. The lowest BCUT2D eigenvalue weighted by Crippen LogP contribution is -2.12. The second-order valence-corrected chi connectivity index (χ2v) is 16.2. The quantitative estimate of drug-likeness (QED) is 0.166. The van der Waals surface area contributed by atoms with E-state index in [0.717, 1.165) is 5.69 Å². The predicted octanol–water partition coefficient (Wildman–Crippen LogP) is 15.5. The molecule has 2 nitrogen and oxygen atoms in total. The SMILES string of the molecule is c1ccc(-n2c3ccccc3c3cc(N(c4ccccc4-c4cccc5cccc(C6CCCCC6)c45)c4cccc5sc6ccccc6c45)ccc32)cc1. The fourth-order valence-electron chi connectivity index (χ4n) is 9.55. The van der Waals surface area contributed by atoms with Gasteiger partial charge in [0, 0.05) is 47.9 Å². The van der Waals surface area contributed by atoms with Crippen molar-refractivity contribution >= 4 is 81.1 Å². The maximum absolute atomic E-state index is 2.55. The molecule has 8 aromatic carbocycles. The molecular weight excluding hydrogens is 685 g/mol. The molecule has 2 aromatic heterocycles. The molecule has 0 spiro atoms. The highest BCUT2D eigenvalue weighted by Gasteiger charge is 2.25. The van der Waals surface area contributed by atoms with Crippen LogP contribution in [-0.4, -0.2) is 4.57 Å². The third kappa shape index (κ3) is 5.29. The van der Waals surface area contributed by atoms with E-state index in [9.17, 15) is 0 Å². The van der Waals surface area contributed by atoms with Gasteiger partial charge in [-0.15, -0.1) is 11.3 Å². The van der Waals surface area contributed by atoms with Gasteiger partial charge in [-0.3, -0.25) is 0 Å². The third-order valence-electron chi connectivity index (χ3n) is 12.0. The van der Waals surface area contributed by atoms with Gasteiger partial charge in [-0.05, 0) is 101 Å². The van der Waals surface area contributed by atoms with Crippen molar-refractivity contribution in [1.82, 2.24) is 4.57 Å². The van der Waals surface area contributed by atoms with E-state index in [-0.39, 0.29) is 0 Å². The molecule has 1 aliphatic rings. The summed E-state index contributed by atoms with van der Waals surface area (Å²) in [5.41, 5.74) is 11.2. The van der Waals surface area contributed by atoms with Crippen LogP contribution >= 0.6 is 11.3 Å². The summed E-state index contributed by atoms with van der Waals surface area (Å²) in [6, 6.07) is 65.4. The summed E-state index contributed by atoms with van der Waals surface area (Å²) >= 11 is 1.88. The molecule has 0 aliphatic heterocycles. The molecule has 1 fully saturated rings. The molecule has 2 heterocycles. The van der Waals surface area contributed by atoms with E-state index in [1.54, 1.807) is 0 Å². The Morgan fingerprint density at radius 1 is 0.473 bits per heavy atom. The number of hydrogen-bond acceptors (Lipinski definition) is 2. The molecule has 10 aromatic rings. The van der Waals surface area contributed by atoms with E-state index in [4.69, 9.17) is 0 Å². The zero-order valence-corrected chi connectivity index (χ0v) is 31.5. The Bertz CT molecular complexity index is 3030. The Kier molecular flexibility index (Phi) is 7.81. The van der Waals surface area contributed by atoms with Crippen LogP contribution in [0.1, 0.15) is 43.6 Å². The van der Waals surface area contributed by atoms with E-state index in [0.29, 0.717) is 5.92 Å². The molecule has 1 saturated carbocycles. The molecular formula is C52H40N2S. The van der Waals surface area contributed by atoms with E-state index >= 15 is 0 Å². The second kappa shape index (κ2) is 13.3. The summed E-state index contributed by atoms with van der Waals surface area (Å²) in [7, 11) is 0. The number of para-hydroxylation sites is 3. The second-order valence-electron chi connectivity index (χ2n) is 15.1. The first-order valence-corrected chi connectivity index (χ1v) is 20.5. The van der Waals surface area contributed by atoms with Crippen molar-refractivity contribution in [2.24, 2.45) is 0 Å². The van der Waals surface area contributed by atoms with Gasteiger partial charge in [0.2, 0.25) is 0 Å². The Hall–Kier alpha value is -6.16. The number of anilines is 3. The molecule has 0 atom stereocenters. The molecule has 0 unspecified atom stereocenters. The largest absolute Gasteiger partial charge is 0.309 e. The maximum Gasteiger partial charge on any atom is 0.0555 e. The van der Waals surface area contributed by atoms with Crippen LogP contribution in [0.4, 0.5) is 17.1 Å². The maximum atomic E-state index is 2.55. The number of rotatable bonds is 6. The minimum Gasteiger partial charge on any atom is -0.309 e. The molecule has 264 valence electrons. The third-order valence-corrected chi connectivity index (χ3v) is 13.1. The normalized spacial score (nSPS) is 13.7. The van der Waals surface area contributed by atoms with E-state index < -0.39 is 0 Å². The molecule has 55 heavy (non-hydrogen) atoms. The van der Waals surface area contributed by atoms with Gasteiger partial charge in [-0.25, -0.2) is 0 Å². The van der Waals surface area contributed by atoms with E-state index in [2.05, 4.69) is 185 Å². The Labute approximate surface area is 325 Å². The average molecular weight is 725 g/mol. The molecule has 0 radical (unpaired) electrons. The van der Waals surface area contributed by atoms with Gasteiger partial charge in [0.05, 0.1) is 22.4 Å². The van der Waals surface area contributed by atoms with Crippen molar-refractivity contribution < 1.29 is 0 Å². The highest BCUT2D eigenvalue weighted by Crippen LogP contribution is 2.50. The topological polar surface area (TPSA) is 8.17 Å². The Morgan fingerprint density at radius 2 is 1.15 bits per heavy atom. The fourth-order valence-corrected chi connectivity index (χ4v) is 10.7. The average Bonchev–Trinajstić information content (AvgIpc) is 3.80. The minimum atomic E-state index is 0.595. The van der Waals surface area contributed by atoms with Crippen LogP contribution in [0.2, 0.25) is 0 Å². The first-order chi connectivity index (χ1) is 27.3. The van der Waals surface area contributed by atoms with Crippen molar-refractivity contribution in [1.29, 1.82) is 0 Å². The van der Waals surface area contributed by atoms with Gasteiger partial charge in [0.15, 0.2) is 0 Å². The van der Waals surface area contributed by atoms with Crippen LogP contribution in [0.25, 0.3) is 69.6 Å². The summed E-state index contributed by atoms with van der Waals surface area (Å²) in [6.45, 7) is 0. The number of thiophene rings is 1. The number of hydrogen-bond donors (Lipinski definition) is 0. The Balaban J connectivity index is 1.21. The molecule has 1 aliphatic carbocycles. The van der Waals surface area contributed by atoms with Crippen molar-refractivity contribution in [2.75, 3.05) is 4.90 Å².